The highest BCUT2D eigenvalue weighted by atomic mass is 19.3. The largest absolute Gasteiger partial charge is 0.383 e. The van der Waals surface area contributed by atoms with Crippen LogP contribution in [0.2, 0.25) is 0 Å². The number of amides is 1. The number of carbonyl (C=O) groups excluding carboxylic acids is 1. The van der Waals surface area contributed by atoms with Crippen LogP contribution in [0.3, 0.4) is 0 Å². The maximum atomic E-state index is 11.7. The summed E-state index contributed by atoms with van der Waals surface area (Å²) in [5, 5.41) is 0. The average molecular weight is 167 g/mol. The summed E-state index contributed by atoms with van der Waals surface area (Å²) in [6.07, 6.45) is -2.92. The van der Waals surface area contributed by atoms with E-state index in [2.05, 4.69) is 4.74 Å². The molecular weight excluding hydrogens is 156 g/mol. The third kappa shape index (κ3) is 3.87. The van der Waals surface area contributed by atoms with Crippen molar-refractivity contribution >= 4 is 5.91 Å². The molecular formula is C6H11F2NO2. The highest BCUT2D eigenvalue weighted by Crippen LogP contribution is 1.97. The van der Waals surface area contributed by atoms with Gasteiger partial charge in [0.25, 0.3) is 5.91 Å². The van der Waals surface area contributed by atoms with Crippen LogP contribution >= 0.6 is 0 Å². The molecule has 0 saturated carbocycles. The summed E-state index contributed by atoms with van der Waals surface area (Å²) in [4.78, 5) is 11.4. The summed E-state index contributed by atoms with van der Waals surface area (Å²) in [7, 11) is 2.76. The molecule has 0 N–H and O–H groups in total. The normalized spacial score (nSPS) is 10.3. The first-order valence-electron chi connectivity index (χ1n) is 3.11. The van der Waals surface area contributed by atoms with Gasteiger partial charge in [-0.05, 0) is 0 Å². The SMILES string of the molecule is COCCN(C)C(=O)C(F)F. The number of nitrogens with zero attached hydrogens (tertiary/aromatic N) is 1. The Bertz CT molecular complexity index is 130. The van der Waals surface area contributed by atoms with Gasteiger partial charge in [0.15, 0.2) is 0 Å². The van der Waals surface area contributed by atoms with Crippen molar-refractivity contribution in [1.29, 1.82) is 0 Å². The lowest BCUT2D eigenvalue weighted by molar-refractivity contribution is -0.141. The molecule has 0 bridgehead atoms. The van der Waals surface area contributed by atoms with Crippen LogP contribution in [-0.2, 0) is 9.53 Å². The topological polar surface area (TPSA) is 29.5 Å². The van der Waals surface area contributed by atoms with E-state index in [1.807, 2.05) is 0 Å². The first kappa shape index (κ1) is 10.3. The van der Waals surface area contributed by atoms with Crippen molar-refractivity contribution in [2.45, 2.75) is 6.43 Å². The molecule has 0 aliphatic rings. The Balaban J connectivity index is 3.64. The molecule has 0 aliphatic carbocycles. The molecule has 0 heterocycles. The summed E-state index contributed by atoms with van der Waals surface area (Å²) in [5.41, 5.74) is 0. The van der Waals surface area contributed by atoms with E-state index in [1.54, 1.807) is 0 Å². The molecule has 5 heteroatoms. The first-order valence-corrected chi connectivity index (χ1v) is 3.11. The van der Waals surface area contributed by atoms with Crippen LogP contribution in [0.4, 0.5) is 8.78 Å². The van der Waals surface area contributed by atoms with E-state index >= 15 is 0 Å². The molecule has 0 fully saturated rings. The second-order valence-electron chi connectivity index (χ2n) is 2.05. The van der Waals surface area contributed by atoms with Crippen molar-refractivity contribution in [3.8, 4) is 0 Å². The molecule has 66 valence electrons. The van der Waals surface area contributed by atoms with Gasteiger partial charge in [0.2, 0.25) is 0 Å². The minimum Gasteiger partial charge on any atom is -0.383 e. The number of rotatable bonds is 4. The highest BCUT2D eigenvalue weighted by Gasteiger charge is 2.19. The van der Waals surface area contributed by atoms with E-state index in [9.17, 15) is 13.6 Å². The molecule has 0 spiro atoms. The Morgan fingerprint density at radius 1 is 1.64 bits per heavy atom. The van der Waals surface area contributed by atoms with E-state index in [4.69, 9.17) is 0 Å². The lowest BCUT2D eigenvalue weighted by atomic mass is 10.5. The Hall–Kier alpha value is -0.710. The van der Waals surface area contributed by atoms with Crippen LogP contribution in [0.15, 0.2) is 0 Å². The number of halogens is 2. The van der Waals surface area contributed by atoms with Gasteiger partial charge in [-0.2, -0.15) is 8.78 Å². The fourth-order valence-corrected chi connectivity index (χ4v) is 0.505. The summed E-state index contributed by atoms with van der Waals surface area (Å²) < 4.78 is 28.0. The van der Waals surface area contributed by atoms with Gasteiger partial charge in [-0.1, -0.05) is 0 Å². The smallest absolute Gasteiger partial charge is 0.315 e. The molecule has 0 aromatic heterocycles. The van der Waals surface area contributed by atoms with Gasteiger partial charge < -0.3 is 9.64 Å². The molecule has 0 saturated heterocycles. The zero-order chi connectivity index (χ0) is 8.85. The van der Waals surface area contributed by atoms with E-state index in [1.165, 1.54) is 14.2 Å². The fraction of sp³-hybridized carbons (Fsp3) is 0.833. The minimum absolute atomic E-state index is 0.194. The number of hydrogen-bond donors (Lipinski definition) is 0. The standard InChI is InChI=1S/C6H11F2NO2/c1-9(3-4-11-2)6(10)5(7)8/h5H,3-4H2,1-2H3. The van der Waals surface area contributed by atoms with Gasteiger partial charge in [0.05, 0.1) is 6.61 Å². The molecule has 3 nitrogen and oxygen atoms in total. The third-order valence-corrected chi connectivity index (χ3v) is 1.19. The van der Waals surface area contributed by atoms with Crippen molar-refractivity contribution in [2.24, 2.45) is 0 Å². The van der Waals surface area contributed by atoms with Crippen LogP contribution < -0.4 is 0 Å². The van der Waals surface area contributed by atoms with Gasteiger partial charge in [-0.15, -0.1) is 0 Å². The maximum absolute atomic E-state index is 11.7. The van der Waals surface area contributed by atoms with Gasteiger partial charge in [0, 0.05) is 20.7 Å². The number of likely N-dealkylation sites (N-methyl/N-ethyl adjacent to an activating group) is 1. The van der Waals surface area contributed by atoms with Crippen LogP contribution in [0.1, 0.15) is 0 Å². The first-order chi connectivity index (χ1) is 5.09. The Kier molecular flexibility index (Phi) is 4.69. The predicted molar refractivity (Wildman–Crippen MR) is 35.5 cm³/mol. The number of methoxy groups -OCH3 is 1. The number of ether oxygens (including phenoxy) is 1. The molecule has 0 aliphatic heterocycles. The van der Waals surface area contributed by atoms with Crippen molar-refractivity contribution in [3.63, 3.8) is 0 Å². The molecule has 11 heavy (non-hydrogen) atoms. The number of hydrogen-bond acceptors (Lipinski definition) is 2. The summed E-state index contributed by atoms with van der Waals surface area (Å²) >= 11 is 0. The van der Waals surface area contributed by atoms with Crippen LogP contribution in [-0.4, -0.2) is 44.5 Å². The maximum Gasteiger partial charge on any atom is 0.315 e. The van der Waals surface area contributed by atoms with Crippen molar-refractivity contribution < 1.29 is 18.3 Å². The van der Waals surface area contributed by atoms with Crippen molar-refractivity contribution in [2.75, 3.05) is 27.3 Å². The second-order valence-corrected chi connectivity index (χ2v) is 2.05. The lowest BCUT2D eigenvalue weighted by Crippen LogP contribution is -2.34. The summed E-state index contributed by atoms with van der Waals surface area (Å²) in [6.45, 7) is 0.467. The zero-order valence-electron chi connectivity index (χ0n) is 6.51. The summed E-state index contributed by atoms with van der Waals surface area (Å²) in [6, 6.07) is 0. The molecule has 0 aromatic carbocycles. The monoisotopic (exact) mass is 167 g/mol. The van der Waals surface area contributed by atoms with Crippen molar-refractivity contribution in [3.05, 3.63) is 0 Å². The van der Waals surface area contributed by atoms with E-state index in [-0.39, 0.29) is 13.2 Å². The highest BCUT2D eigenvalue weighted by molar-refractivity contribution is 5.78. The van der Waals surface area contributed by atoms with Crippen LogP contribution in [0, 0.1) is 0 Å². The van der Waals surface area contributed by atoms with Gasteiger partial charge in [0.1, 0.15) is 0 Å². The Labute approximate surface area is 63.9 Å². The molecule has 0 atom stereocenters. The van der Waals surface area contributed by atoms with Gasteiger partial charge in [-0.3, -0.25) is 4.79 Å². The third-order valence-electron chi connectivity index (χ3n) is 1.19. The van der Waals surface area contributed by atoms with E-state index < -0.39 is 12.3 Å². The zero-order valence-corrected chi connectivity index (χ0v) is 6.51. The molecule has 0 aromatic rings. The lowest BCUT2D eigenvalue weighted by Gasteiger charge is -2.15. The molecule has 0 unspecified atom stereocenters. The van der Waals surface area contributed by atoms with E-state index in [0.29, 0.717) is 0 Å². The Morgan fingerprint density at radius 2 is 2.18 bits per heavy atom. The predicted octanol–water partition coefficient (Wildman–Crippen LogP) is 0.356. The Morgan fingerprint density at radius 3 is 2.55 bits per heavy atom. The number of carbonyl (C=O) groups is 1. The number of alkyl halides is 2. The molecule has 0 rings (SSSR count). The fourth-order valence-electron chi connectivity index (χ4n) is 0.505. The van der Waals surface area contributed by atoms with E-state index in [0.717, 1.165) is 4.90 Å². The van der Waals surface area contributed by atoms with Crippen LogP contribution in [0.25, 0.3) is 0 Å². The summed E-state index contributed by atoms with van der Waals surface area (Å²) in [5.74, 6) is -1.16. The van der Waals surface area contributed by atoms with Crippen molar-refractivity contribution in [1.82, 2.24) is 4.90 Å². The quantitative estimate of drug-likeness (QED) is 0.605. The minimum atomic E-state index is -2.92. The van der Waals surface area contributed by atoms with Crippen LogP contribution in [0.5, 0.6) is 0 Å². The average Bonchev–Trinajstić information content (AvgIpc) is 1.98. The molecule has 0 radical (unpaired) electrons. The second kappa shape index (κ2) is 5.01. The van der Waals surface area contributed by atoms with Gasteiger partial charge >= 0.3 is 6.43 Å². The van der Waals surface area contributed by atoms with Gasteiger partial charge in [-0.25, -0.2) is 0 Å². The molecule has 1 amide bonds.